The Morgan fingerprint density at radius 2 is 1.93 bits per heavy atom. The third-order valence-electron chi connectivity index (χ3n) is 4.26. The summed E-state index contributed by atoms with van der Waals surface area (Å²) in [5, 5.41) is 14.6. The second-order valence-corrected chi connectivity index (χ2v) is 7.26. The molecule has 7 heteroatoms. The van der Waals surface area contributed by atoms with Gasteiger partial charge < -0.3 is 9.47 Å². The summed E-state index contributed by atoms with van der Waals surface area (Å²) in [4.78, 5) is 12.9. The lowest BCUT2D eigenvalue weighted by Crippen LogP contribution is -2.21. The first kappa shape index (κ1) is 20.6. The molecule has 0 bridgehead atoms. The molecule has 3 rings (SSSR count). The van der Waals surface area contributed by atoms with Crippen LogP contribution in [-0.4, -0.2) is 24.8 Å². The maximum Gasteiger partial charge on any atom is 0.280 e. The largest absolute Gasteiger partial charge is 0.490 e. The number of ether oxygens (including phenoxy) is 2. The van der Waals surface area contributed by atoms with Crippen LogP contribution < -0.4 is 14.5 Å². The summed E-state index contributed by atoms with van der Waals surface area (Å²) in [5.74, 6) is 0.768. The fraction of sp³-hybridized carbons (Fsp3) is 0.227. The summed E-state index contributed by atoms with van der Waals surface area (Å²) >= 11 is 3.46. The van der Waals surface area contributed by atoms with Crippen LogP contribution in [0.25, 0.3) is 6.08 Å². The second kappa shape index (κ2) is 8.93. The maximum absolute atomic E-state index is 12.9. The van der Waals surface area contributed by atoms with Gasteiger partial charge in [-0.3, -0.25) is 4.79 Å². The number of nitrogens with zero attached hydrogens (tertiary/aromatic N) is 3. The van der Waals surface area contributed by atoms with E-state index < -0.39 is 0 Å². The standard InChI is InChI=1S/C22H20BrN3O3/c1-4-28-20-13-16(12-19(23)21(20)29-10-9-24)11-18-15(3)25-26(22(18)27)17-7-5-14(2)6-8-17/h5-8,11-13H,4,10H2,1-3H3/b18-11+. The average Bonchev–Trinajstić information content (AvgIpc) is 2.96. The fourth-order valence-corrected chi connectivity index (χ4v) is 3.46. The highest BCUT2D eigenvalue weighted by atomic mass is 79.9. The van der Waals surface area contributed by atoms with E-state index in [4.69, 9.17) is 14.7 Å². The molecular formula is C22H20BrN3O3. The number of benzene rings is 2. The smallest absolute Gasteiger partial charge is 0.280 e. The number of amides is 1. The Hall–Kier alpha value is -3.11. The van der Waals surface area contributed by atoms with Gasteiger partial charge in [0.1, 0.15) is 6.07 Å². The van der Waals surface area contributed by atoms with Crippen molar-refractivity contribution in [3.05, 3.63) is 57.6 Å². The van der Waals surface area contributed by atoms with Gasteiger partial charge in [-0.2, -0.15) is 15.4 Å². The average molecular weight is 454 g/mol. The number of anilines is 1. The molecule has 0 aliphatic carbocycles. The second-order valence-electron chi connectivity index (χ2n) is 6.41. The van der Waals surface area contributed by atoms with Gasteiger partial charge >= 0.3 is 0 Å². The number of rotatable bonds is 6. The third-order valence-corrected chi connectivity index (χ3v) is 4.85. The zero-order valence-corrected chi connectivity index (χ0v) is 18.0. The van der Waals surface area contributed by atoms with E-state index in [0.29, 0.717) is 33.9 Å². The molecule has 0 aromatic heterocycles. The Morgan fingerprint density at radius 3 is 2.59 bits per heavy atom. The molecule has 1 aliphatic rings. The lowest BCUT2D eigenvalue weighted by Gasteiger charge is -2.13. The van der Waals surface area contributed by atoms with Crippen molar-refractivity contribution in [1.29, 1.82) is 5.26 Å². The Kier molecular flexibility index (Phi) is 6.35. The normalized spacial score (nSPS) is 14.7. The van der Waals surface area contributed by atoms with Crippen molar-refractivity contribution in [2.45, 2.75) is 20.8 Å². The van der Waals surface area contributed by atoms with Crippen molar-refractivity contribution in [3.63, 3.8) is 0 Å². The predicted octanol–water partition coefficient (Wildman–Crippen LogP) is 4.86. The van der Waals surface area contributed by atoms with Crippen LogP contribution in [0, 0.1) is 18.3 Å². The first-order chi connectivity index (χ1) is 13.9. The number of aryl methyl sites for hydroxylation is 1. The van der Waals surface area contributed by atoms with Crippen LogP contribution in [0.4, 0.5) is 5.69 Å². The minimum absolute atomic E-state index is 0.0884. The molecule has 1 heterocycles. The maximum atomic E-state index is 12.9. The van der Waals surface area contributed by atoms with Crippen LogP contribution in [0.15, 0.2) is 51.5 Å². The van der Waals surface area contributed by atoms with E-state index in [1.807, 2.05) is 50.2 Å². The summed E-state index contributed by atoms with van der Waals surface area (Å²) in [6.45, 7) is 6.02. The van der Waals surface area contributed by atoms with Crippen LogP contribution in [-0.2, 0) is 4.79 Å². The molecule has 6 nitrogen and oxygen atoms in total. The number of hydrogen-bond donors (Lipinski definition) is 0. The molecule has 0 saturated carbocycles. The number of hydrogen-bond acceptors (Lipinski definition) is 5. The van der Waals surface area contributed by atoms with Crippen molar-refractivity contribution in [2.24, 2.45) is 5.10 Å². The number of nitriles is 1. The molecule has 148 valence electrons. The first-order valence-electron chi connectivity index (χ1n) is 9.09. The third kappa shape index (κ3) is 4.49. The van der Waals surface area contributed by atoms with E-state index in [9.17, 15) is 4.79 Å². The summed E-state index contributed by atoms with van der Waals surface area (Å²) in [6, 6.07) is 13.2. The molecule has 0 spiro atoms. The van der Waals surface area contributed by atoms with Gasteiger partial charge in [-0.15, -0.1) is 0 Å². The van der Waals surface area contributed by atoms with Crippen molar-refractivity contribution in [3.8, 4) is 17.6 Å². The van der Waals surface area contributed by atoms with Crippen molar-refractivity contribution in [1.82, 2.24) is 0 Å². The van der Waals surface area contributed by atoms with E-state index in [1.54, 1.807) is 19.1 Å². The fourth-order valence-electron chi connectivity index (χ4n) is 2.89. The van der Waals surface area contributed by atoms with Crippen molar-refractivity contribution in [2.75, 3.05) is 18.2 Å². The lowest BCUT2D eigenvalue weighted by atomic mass is 10.1. The molecule has 1 amide bonds. The minimum atomic E-state index is -0.190. The summed E-state index contributed by atoms with van der Waals surface area (Å²) < 4.78 is 11.8. The quantitative estimate of drug-likeness (QED) is 0.584. The minimum Gasteiger partial charge on any atom is -0.490 e. The molecule has 0 fully saturated rings. The Bertz CT molecular complexity index is 1040. The van der Waals surface area contributed by atoms with Gasteiger partial charge in [-0.1, -0.05) is 17.7 Å². The lowest BCUT2D eigenvalue weighted by molar-refractivity contribution is -0.114. The van der Waals surface area contributed by atoms with E-state index in [0.717, 1.165) is 16.8 Å². The van der Waals surface area contributed by atoms with Crippen molar-refractivity contribution < 1.29 is 14.3 Å². The van der Waals surface area contributed by atoms with Gasteiger partial charge in [0.05, 0.1) is 28.1 Å². The molecule has 0 saturated heterocycles. The van der Waals surface area contributed by atoms with Gasteiger partial charge in [0.2, 0.25) is 0 Å². The number of halogens is 1. The predicted molar refractivity (Wildman–Crippen MR) is 116 cm³/mol. The van der Waals surface area contributed by atoms with Crippen LogP contribution in [0.1, 0.15) is 25.0 Å². The molecule has 2 aromatic carbocycles. The monoisotopic (exact) mass is 453 g/mol. The van der Waals surface area contributed by atoms with E-state index in [2.05, 4.69) is 21.0 Å². The SMILES string of the molecule is CCOc1cc(/C=C2/C(=O)N(c3ccc(C)cc3)N=C2C)cc(Br)c1OCC#N. The number of carbonyl (C=O) groups excluding carboxylic acids is 1. The molecule has 0 unspecified atom stereocenters. The first-order valence-corrected chi connectivity index (χ1v) is 9.88. The highest BCUT2D eigenvalue weighted by molar-refractivity contribution is 9.10. The molecule has 1 aliphatic heterocycles. The molecule has 0 radical (unpaired) electrons. The zero-order chi connectivity index (χ0) is 21.0. The van der Waals surface area contributed by atoms with Crippen LogP contribution in [0.2, 0.25) is 0 Å². The molecular weight excluding hydrogens is 434 g/mol. The Labute approximate surface area is 178 Å². The van der Waals surface area contributed by atoms with Gasteiger partial charge in [-0.25, -0.2) is 0 Å². The van der Waals surface area contributed by atoms with Gasteiger partial charge in [0.25, 0.3) is 5.91 Å². The Morgan fingerprint density at radius 1 is 1.21 bits per heavy atom. The van der Waals surface area contributed by atoms with Crippen LogP contribution in [0.5, 0.6) is 11.5 Å². The summed E-state index contributed by atoms with van der Waals surface area (Å²) in [5.41, 5.74) is 3.73. The summed E-state index contributed by atoms with van der Waals surface area (Å²) in [7, 11) is 0. The van der Waals surface area contributed by atoms with Gasteiger partial charge in [0.15, 0.2) is 18.1 Å². The zero-order valence-electron chi connectivity index (χ0n) is 16.4. The van der Waals surface area contributed by atoms with Crippen molar-refractivity contribution >= 4 is 39.3 Å². The summed E-state index contributed by atoms with van der Waals surface area (Å²) in [6.07, 6.45) is 1.77. The highest BCUT2D eigenvalue weighted by Gasteiger charge is 2.28. The molecule has 29 heavy (non-hydrogen) atoms. The van der Waals surface area contributed by atoms with Gasteiger partial charge in [-0.05, 0) is 72.6 Å². The van der Waals surface area contributed by atoms with E-state index >= 15 is 0 Å². The van der Waals surface area contributed by atoms with Crippen LogP contribution in [0.3, 0.4) is 0 Å². The van der Waals surface area contributed by atoms with E-state index in [-0.39, 0.29) is 12.5 Å². The highest BCUT2D eigenvalue weighted by Crippen LogP contribution is 2.38. The van der Waals surface area contributed by atoms with Gasteiger partial charge in [0, 0.05) is 0 Å². The Balaban J connectivity index is 1.95. The molecule has 2 aromatic rings. The van der Waals surface area contributed by atoms with E-state index in [1.165, 1.54) is 5.01 Å². The number of hydrazone groups is 1. The van der Waals surface area contributed by atoms with Crippen LogP contribution >= 0.6 is 15.9 Å². The topological polar surface area (TPSA) is 74.9 Å². The molecule has 0 N–H and O–H groups in total. The molecule has 0 atom stereocenters. The number of carbonyl (C=O) groups is 1.